The van der Waals surface area contributed by atoms with Crippen LogP contribution in [-0.2, 0) is 6.42 Å². The predicted molar refractivity (Wildman–Crippen MR) is 106 cm³/mol. The zero-order valence-corrected chi connectivity index (χ0v) is 15.7. The second-order valence-electron chi connectivity index (χ2n) is 5.93. The van der Waals surface area contributed by atoms with Crippen LogP contribution in [0, 0.1) is 0 Å². The molecule has 134 valence electrons. The summed E-state index contributed by atoms with van der Waals surface area (Å²) >= 11 is 6.41. The smallest absolute Gasteiger partial charge is 0.149 e. The van der Waals surface area contributed by atoms with Gasteiger partial charge < -0.3 is 10.1 Å². The number of nitrogens with one attached hydrogen (secondary N) is 1. The summed E-state index contributed by atoms with van der Waals surface area (Å²) in [4.78, 5) is 8.51. The number of rotatable bonds is 7. The third kappa shape index (κ3) is 4.33. The highest BCUT2D eigenvalue weighted by molar-refractivity contribution is 6.33. The van der Waals surface area contributed by atoms with E-state index in [1.54, 1.807) is 6.33 Å². The fourth-order valence-electron chi connectivity index (χ4n) is 2.73. The molecule has 0 saturated heterocycles. The van der Waals surface area contributed by atoms with Crippen LogP contribution in [0.5, 0.6) is 11.5 Å². The summed E-state index contributed by atoms with van der Waals surface area (Å²) in [5, 5.41) is 4.03. The Hall–Kier alpha value is -2.59. The van der Waals surface area contributed by atoms with Crippen LogP contribution >= 0.6 is 11.6 Å². The van der Waals surface area contributed by atoms with E-state index in [4.69, 9.17) is 16.3 Å². The summed E-state index contributed by atoms with van der Waals surface area (Å²) in [7, 11) is 0. The van der Waals surface area contributed by atoms with Crippen molar-refractivity contribution in [1.82, 2.24) is 9.97 Å². The Morgan fingerprint density at radius 2 is 1.65 bits per heavy atom. The third-order valence-corrected chi connectivity index (χ3v) is 4.57. The topological polar surface area (TPSA) is 47.0 Å². The highest BCUT2D eigenvalue weighted by Crippen LogP contribution is 2.29. The zero-order valence-electron chi connectivity index (χ0n) is 14.9. The molecular formula is C21H22ClN3O. The summed E-state index contributed by atoms with van der Waals surface area (Å²) in [5.41, 5.74) is 2.01. The van der Waals surface area contributed by atoms with Crippen LogP contribution in [0.4, 0.5) is 5.82 Å². The van der Waals surface area contributed by atoms with Crippen LogP contribution in [0.25, 0.3) is 0 Å². The highest BCUT2D eigenvalue weighted by atomic mass is 35.5. The highest BCUT2D eigenvalue weighted by Gasteiger charge is 2.14. The number of benzene rings is 2. The van der Waals surface area contributed by atoms with Crippen molar-refractivity contribution >= 4 is 17.4 Å². The van der Waals surface area contributed by atoms with Gasteiger partial charge in [0.25, 0.3) is 0 Å². The van der Waals surface area contributed by atoms with E-state index in [0.29, 0.717) is 10.8 Å². The minimum atomic E-state index is 0.109. The molecular weight excluding hydrogens is 346 g/mol. The molecule has 0 aliphatic heterocycles. The van der Waals surface area contributed by atoms with Gasteiger partial charge in [0.05, 0.1) is 11.7 Å². The van der Waals surface area contributed by atoms with Gasteiger partial charge in [0.2, 0.25) is 0 Å². The fraction of sp³-hybridized carbons (Fsp3) is 0.238. The second-order valence-corrected chi connectivity index (χ2v) is 6.30. The lowest BCUT2D eigenvalue weighted by Gasteiger charge is -2.19. The average Bonchev–Trinajstić information content (AvgIpc) is 2.69. The van der Waals surface area contributed by atoms with Crippen molar-refractivity contribution in [2.75, 3.05) is 5.32 Å². The van der Waals surface area contributed by atoms with Gasteiger partial charge in [-0.15, -0.1) is 0 Å². The molecule has 0 radical (unpaired) electrons. The van der Waals surface area contributed by atoms with Gasteiger partial charge in [-0.05, 0) is 42.7 Å². The lowest BCUT2D eigenvalue weighted by Crippen LogP contribution is -2.12. The van der Waals surface area contributed by atoms with E-state index >= 15 is 0 Å². The molecule has 1 unspecified atom stereocenters. The van der Waals surface area contributed by atoms with Crippen molar-refractivity contribution in [1.29, 1.82) is 0 Å². The Balaban J connectivity index is 1.74. The Kier molecular flexibility index (Phi) is 6.08. The molecule has 0 bridgehead atoms. The zero-order chi connectivity index (χ0) is 18.4. The van der Waals surface area contributed by atoms with Crippen LogP contribution in [0.15, 0.2) is 60.9 Å². The number of hydrogen-bond donors (Lipinski definition) is 1. The van der Waals surface area contributed by atoms with Gasteiger partial charge in [0.1, 0.15) is 28.7 Å². The Morgan fingerprint density at radius 3 is 2.31 bits per heavy atom. The molecule has 3 rings (SSSR count). The van der Waals surface area contributed by atoms with Crippen LogP contribution < -0.4 is 10.1 Å². The molecule has 1 N–H and O–H groups in total. The van der Waals surface area contributed by atoms with Crippen molar-refractivity contribution in [2.24, 2.45) is 0 Å². The van der Waals surface area contributed by atoms with Gasteiger partial charge in [0.15, 0.2) is 0 Å². The van der Waals surface area contributed by atoms with E-state index in [9.17, 15) is 0 Å². The number of anilines is 1. The molecule has 0 amide bonds. The van der Waals surface area contributed by atoms with Gasteiger partial charge in [-0.1, -0.05) is 55.8 Å². The van der Waals surface area contributed by atoms with Crippen LogP contribution in [0.3, 0.4) is 0 Å². The lowest BCUT2D eigenvalue weighted by molar-refractivity contribution is 0.482. The molecule has 0 aliphatic rings. The first-order chi connectivity index (χ1) is 12.7. The van der Waals surface area contributed by atoms with Crippen molar-refractivity contribution in [3.05, 3.63) is 77.2 Å². The van der Waals surface area contributed by atoms with Crippen molar-refractivity contribution in [3.63, 3.8) is 0 Å². The van der Waals surface area contributed by atoms with Crippen molar-refractivity contribution < 1.29 is 4.74 Å². The summed E-state index contributed by atoms with van der Waals surface area (Å²) in [5.74, 6) is 2.31. The van der Waals surface area contributed by atoms with E-state index in [2.05, 4.69) is 34.3 Å². The first-order valence-corrected chi connectivity index (χ1v) is 9.17. The Labute approximate surface area is 159 Å². The van der Waals surface area contributed by atoms with Gasteiger partial charge in [-0.2, -0.15) is 0 Å². The first-order valence-electron chi connectivity index (χ1n) is 8.80. The summed E-state index contributed by atoms with van der Waals surface area (Å²) < 4.78 is 5.85. The minimum absolute atomic E-state index is 0.109. The SMILES string of the molecule is CCc1ncnc(NC(CC)c2ccc(Oc3ccccc3)cc2)c1Cl. The Bertz CT molecular complexity index is 838. The van der Waals surface area contributed by atoms with Gasteiger partial charge >= 0.3 is 0 Å². The molecule has 4 nitrogen and oxygen atoms in total. The number of aryl methyl sites for hydroxylation is 1. The Morgan fingerprint density at radius 1 is 0.962 bits per heavy atom. The maximum absolute atomic E-state index is 6.41. The number of aromatic nitrogens is 2. The lowest BCUT2D eigenvalue weighted by atomic mass is 10.0. The van der Waals surface area contributed by atoms with Gasteiger partial charge in [0, 0.05) is 0 Å². The maximum Gasteiger partial charge on any atom is 0.149 e. The van der Waals surface area contributed by atoms with Crippen LogP contribution in [0.1, 0.15) is 37.6 Å². The average molecular weight is 368 g/mol. The molecule has 0 saturated carbocycles. The quantitative estimate of drug-likeness (QED) is 0.552. The van der Waals surface area contributed by atoms with Crippen LogP contribution in [-0.4, -0.2) is 9.97 Å². The standard InChI is InChI=1S/C21H22ClN3O/c1-3-18(25-21-20(22)19(4-2)23-14-24-21)15-10-12-17(13-11-15)26-16-8-6-5-7-9-16/h5-14,18H,3-4H2,1-2H3,(H,23,24,25). The van der Waals surface area contributed by atoms with E-state index < -0.39 is 0 Å². The molecule has 0 spiro atoms. The molecule has 0 fully saturated rings. The minimum Gasteiger partial charge on any atom is -0.457 e. The summed E-state index contributed by atoms with van der Waals surface area (Å²) in [6, 6.07) is 17.9. The number of nitrogens with zero attached hydrogens (tertiary/aromatic N) is 2. The molecule has 0 aliphatic carbocycles. The van der Waals surface area contributed by atoms with E-state index in [1.165, 1.54) is 0 Å². The molecule has 1 atom stereocenters. The maximum atomic E-state index is 6.41. The van der Waals surface area contributed by atoms with Gasteiger partial charge in [-0.25, -0.2) is 9.97 Å². The number of ether oxygens (including phenoxy) is 1. The molecule has 2 aromatic carbocycles. The molecule has 1 aromatic heterocycles. The molecule has 3 aromatic rings. The van der Waals surface area contributed by atoms with E-state index in [1.807, 2.05) is 49.4 Å². The number of para-hydroxylation sites is 1. The van der Waals surface area contributed by atoms with Crippen molar-refractivity contribution in [3.8, 4) is 11.5 Å². The summed E-state index contributed by atoms with van der Waals surface area (Å²) in [6.45, 7) is 4.16. The normalized spacial score (nSPS) is 11.8. The van der Waals surface area contributed by atoms with Gasteiger partial charge in [-0.3, -0.25) is 0 Å². The molecule has 26 heavy (non-hydrogen) atoms. The van der Waals surface area contributed by atoms with Crippen LogP contribution in [0.2, 0.25) is 5.02 Å². The fourth-order valence-corrected chi connectivity index (χ4v) is 3.02. The van der Waals surface area contributed by atoms with E-state index in [-0.39, 0.29) is 6.04 Å². The number of halogens is 1. The number of hydrogen-bond acceptors (Lipinski definition) is 4. The molecule has 5 heteroatoms. The second kappa shape index (κ2) is 8.68. The third-order valence-electron chi connectivity index (χ3n) is 4.18. The predicted octanol–water partition coefficient (Wildman–Crippen LogP) is 6.05. The first kappa shape index (κ1) is 18.2. The monoisotopic (exact) mass is 367 g/mol. The summed E-state index contributed by atoms with van der Waals surface area (Å²) in [6.07, 6.45) is 3.23. The van der Waals surface area contributed by atoms with E-state index in [0.717, 1.165) is 35.6 Å². The molecule has 1 heterocycles. The van der Waals surface area contributed by atoms with Crippen molar-refractivity contribution in [2.45, 2.75) is 32.7 Å². The largest absolute Gasteiger partial charge is 0.457 e.